The monoisotopic (exact) mass is 351 g/mol. The van der Waals surface area contributed by atoms with Gasteiger partial charge < -0.3 is 24.5 Å². The maximum atomic E-state index is 5.57. The zero-order valence-electron chi connectivity index (χ0n) is 15.6. The van der Waals surface area contributed by atoms with Gasteiger partial charge in [-0.3, -0.25) is 4.99 Å². The lowest BCUT2D eigenvalue weighted by Crippen LogP contribution is -2.39. The number of furan rings is 1. The van der Waals surface area contributed by atoms with Crippen LogP contribution in [0.4, 0.5) is 0 Å². The average Bonchev–Trinajstić information content (AvgIpc) is 3.28. The number of nitrogens with one attached hydrogen (secondary N) is 2. The van der Waals surface area contributed by atoms with E-state index in [2.05, 4.69) is 24.5 Å². The molecule has 0 aromatic carbocycles. The second-order valence-corrected chi connectivity index (χ2v) is 6.73. The van der Waals surface area contributed by atoms with E-state index < -0.39 is 0 Å². The third-order valence-corrected chi connectivity index (χ3v) is 4.09. The van der Waals surface area contributed by atoms with Crippen LogP contribution in [-0.2, 0) is 15.9 Å². The van der Waals surface area contributed by atoms with E-state index in [-0.39, 0.29) is 0 Å². The number of unbranched alkanes of at least 4 members (excludes halogenated alkanes) is 1. The summed E-state index contributed by atoms with van der Waals surface area (Å²) in [7, 11) is 0. The maximum absolute atomic E-state index is 5.57. The molecule has 1 unspecified atom stereocenters. The molecule has 2 heterocycles. The van der Waals surface area contributed by atoms with E-state index in [1.54, 1.807) is 6.26 Å². The molecule has 142 valence electrons. The molecule has 1 aliphatic heterocycles. The molecule has 2 N–H and O–H groups in total. The van der Waals surface area contributed by atoms with Crippen LogP contribution in [-0.4, -0.2) is 51.5 Å². The Morgan fingerprint density at radius 2 is 2.20 bits per heavy atom. The standard InChI is InChI=1S/C19H33N3O3/c1-16(2)24-11-4-3-9-20-19(22-14-17-8-13-23-15-17)21-10-7-18-6-5-12-25-18/h5-6,12,16-17H,3-4,7-11,13-15H2,1-2H3,(H2,20,21,22). The fourth-order valence-corrected chi connectivity index (χ4v) is 2.63. The van der Waals surface area contributed by atoms with Gasteiger partial charge in [-0.05, 0) is 45.2 Å². The van der Waals surface area contributed by atoms with Crippen molar-refractivity contribution in [2.75, 3.05) is 39.5 Å². The van der Waals surface area contributed by atoms with Gasteiger partial charge in [-0.2, -0.15) is 0 Å². The smallest absolute Gasteiger partial charge is 0.191 e. The molecule has 0 aliphatic carbocycles. The molecule has 0 amide bonds. The van der Waals surface area contributed by atoms with Crippen molar-refractivity contribution in [2.45, 2.75) is 45.6 Å². The second kappa shape index (κ2) is 11.9. The Labute approximate surface area is 151 Å². The van der Waals surface area contributed by atoms with Crippen molar-refractivity contribution in [3.05, 3.63) is 24.2 Å². The van der Waals surface area contributed by atoms with Crippen LogP contribution in [0.1, 0.15) is 38.9 Å². The van der Waals surface area contributed by atoms with Gasteiger partial charge in [-0.1, -0.05) is 0 Å². The molecule has 25 heavy (non-hydrogen) atoms. The fourth-order valence-electron chi connectivity index (χ4n) is 2.63. The van der Waals surface area contributed by atoms with E-state index in [4.69, 9.17) is 18.9 Å². The number of ether oxygens (including phenoxy) is 2. The van der Waals surface area contributed by atoms with Gasteiger partial charge in [-0.25, -0.2) is 0 Å². The third kappa shape index (κ3) is 8.93. The van der Waals surface area contributed by atoms with Gasteiger partial charge in [0, 0.05) is 45.2 Å². The minimum absolute atomic E-state index is 0.307. The first-order valence-electron chi connectivity index (χ1n) is 9.48. The number of nitrogens with zero attached hydrogens (tertiary/aromatic N) is 1. The summed E-state index contributed by atoms with van der Waals surface area (Å²) in [6.07, 6.45) is 6.10. The highest BCUT2D eigenvalue weighted by Gasteiger charge is 2.15. The van der Waals surface area contributed by atoms with Gasteiger partial charge in [0.25, 0.3) is 0 Å². The molecule has 6 heteroatoms. The molecule has 0 spiro atoms. The molecule has 0 saturated carbocycles. The molecule has 1 aromatic rings. The van der Waals surface area contributed by atoms with Gasteiger partial charge in [0.15, 0.2) is 5.96 Å². The number of hydrogen-bond donors (Lipinski definition) is 2. The topological polar surface area (TPSA) is 68.0 Å². The highest BCUT2D eigenvalue weighted by atomic mass is 16.5. The van der Waals surface area contributed by atoms with Crippen LogP contribution in [0.2, 0.25) is 0 Å². The van der Waals surface area contributed by atoms with Crippen molar-refractivity contribution in [2.24, 2.45) is 10.9 Å². The Bertz CT molecular complexity index is 468. The Morgan fingerprint density at radius 3 is 2.92 bits per heavy atom. The molecule has 1 aliphatic rings. The predicted octanol–water partition coefficient (Wildman–Crippen LogP) is 2.60. The summed E-state index contributed by atoms with van der Waals surface area (Å²) in [6, 6.07) is 3.92. The normalized spacial score (nSPS) is 18.0. The predicted molar refractivity (Wildman–Crippen MR) is 100.0 cm³/mol. The van der Waals surface area contributed by atoms with Crippen LogP contribution >= 0.6 is 0 Å². The summed E-state index contributed by atoms with van der Waals surface area (Å²) in [6.45, 7) is 9.16. The number of rotatable bonds is 11. The van der Waals surface area contributed by atoms with Gasteiger partial charge in [0.1, 0.15) is 5.76 Å². The Hall–Kier alpha value is -1.53. The molecule has 1 saturated heterocycles. The molecule has 1 fully saturated rings. The molecule has 2 rings (SSSR count). The summed E-state index contributed by atoms with van der Waals surface area (Å²) >= 11 is 0. The quantitative estimate of drug-likeness (QED) is 0.364. The van der Waals surface area contributed by atoms with Crippen LogP contribution in [0.3, 0.4) is 0 Å². The number of guanidine groups is 1. The van der Waals surface area contributed by atoms with Crippen molar-refractivity contribution >= 4 is 5.96 Å². The molecule has 0 radical (unpaired) electrons. The van der Waals surface area contributed by atoms with Crippen molar-refractivity contribution < 1.29 is 13.9 Å². The van der Waals surface area contributed by atoms with E-state index in [1.807, 2.05) is 12.1 Å². The van der Waals surface area contributed by atoms with Crippen LogP contribution in [0, 0.1) is 5.92 Å². The summed E-state index contributed by atoms with van der Waals surface area (Å²) in [5.74, 6) is 2.41. The summed E-state index contributed by atoms with van der Waals surface area (Å²) < 4.78 is 16.4. The van der Waals surface area contributed by atoms with E-state index >= 15 is 0 Å². The third-order valence-electron chi connectivity index (χ3n) is 4.09. The lowest BCUT2D eigenvalue weighted by molar-refractivity contribution is 0.0762. The van der Waals surface area contributed by atoms with E-state index in [0.717, 1.165) is 76.9 Å². The fraction of sp³-hybridized carbons (Fsp3) is 0.737. The molecule has 6 nitrogen and oxygen atoms in total. The van der Waals surface area contributed by atoms with Crippen molar-refractivity contribution in [1.82, 2.24) is 10.6 Å². The van der Waals surface area contributed by atoms with Crippen LogP contribution in [0.25, 0.3) is 0 Å². The highest BCUT2D eigenvalue weighted by molar-refractivity contribution is 5.79. The van der Waals surface area contributed by atoms with Crippen molar-refractivity contribution in [3.63, 3.8) is 0 Å². The van der Waals surface area contributed by atoms with Crippen LogP contribution in [0.5, 0.6) is 0 Å². The number of hydrogen-bond acceptors (Lipinski definition) is 4. The zero-order valence-corrected chi connectivity index (χ0v) is 15.6. The molecular weight excluding hydrogens is 318 g/mol. The van der Waals surface area contributed by atoms with Gasteiger partial charge >= 0.3 is 0 Å². The SMILES string of the molecule is CC(C)OCCCCNC(=NCC1CCOC1)NCCc1ccco1. The molecule has 1 aromatic heterocycles. The zero-order chi connectivity index (χ0) is 17.7. The minimum atomic E-state index is 0.307. The van der Waals surface area contributed by atoms with Crippen molar-refractivity contribution in [1.29, 1.82) is 0 Å². The van der Waals surface area contributed by atoms with Gasteiger partial charge in [0.05, 0.1) is 19.0 Å². The van der Waals surface area contributed by atoms with E-state index in [9.17, 15) is 0 Å². The van der Waals surface area contributed by atoms with Gasteiger partial charge in [0.2, 0.25) is 0 Å². The molecule has 1 atom stereocenters. The lowest BCUT2D eigenvalue weighted by Gasteiger charge is -2.14. The summed E-state index contributed by atoms with van der Waals surface area (Å²) in [5.41, 5.74) is 0. The summed E-state index contributed by atoms with van der Waals surface area (Å²) in [5, 5.41) is 6.82. The average molecular weight is 351 g/mol. The Balaban J connectivity index is 1.67. The Kier molecular flexibility index (Phi) is 9.44. The molecular formula is C19H33N3O3. The largest absolute Gasteiger partial charge is 0.469 e. The second-order valence-electron chi connectivity index (χ2n) is 6.73. The first-order valence-corrected chi connectivity index (χ1v) is 9.48. The van der Waals surface area contributed by atoms with Crippen LogP contribution < -0.4 is 10.6 Å². The molecule has 0 bridgehead atoms. The Morgan fingerprint density at radius 1 is 1.32 bits per heavy atom. The lowest BCUT2D eigenvalue weighted by atomic mass is 10.1. The summed E-state index contributed by atoms with van der Waals surface area (Å²) in [4.78, 5) is 4.72. The first kappa shape index (κ1) is 19.8. The van der Waals surface area contributed by atoms with Crippen LogP contribution in [0.15, 0.2) is 27.8 Å². The van der Waals surface area contributed by atoms with E-state index in [0.29, 0.717) is 12.0 Å². The number of aliphatic imine (C=N–C) groups is 1. The van der Waals surface area contributed by atoms with Gasteiger partial charge in [-0.15, -0.1) is 0 Å². The highest BCUT2D eigenvalue weighted by Crippen LogP contribution is 2.12. The maximum Gasteiger partial charge on any atom is 0.191 e. The minimum Gasteiger partial charge on any atom is -0.469 e. The van der Waals surface area contributed by atoms with Crippen molar-refractivity contribution in [3.8, 4) is 0 Å². The first-order chi connectivity index (χ1) is 12.2. The van der Waals surface area contributed by atoms with E-state index in [1.165, 1.54) is 0 Å².